The first kappa shape index (κ1) is 19.9. The Balaban J connectivity index is 1.42. The first-order valence-corrected chi connectivity index (χ1v) is 10.8. The normalized spacial score (nSPS) is 18.3. The molecule has 2 heterocycles. The summed E-state index contributed by atoms with van der Waals surface area (Å²) in [5, 5.41) is 1.52. The Morgan fingerprint density at radius 3 is 2.62 bits per heavy atom. The van der Waals surface area contributed by atoms with Gasteiger partial charge in [-0.2, -0.15) is 4.99 Å². The summed E-state index contributed by atoms with van der Waals surface area (Å²) in [7, 11) is 0. The molecule has 2 aromatic carbocycles. The van der Waals surface area contributed by atoms with Crippen LogP contribution in [0.15, 0.2) is 58.4 Å². The number of ether oxygens (including phenoxy) is 1. The predicted octanol–water partition coefficient (Wildman–Crippen LogP) is 4.53. The van der Waals surface area contributed by atoms with Crippen molar-refractivity contribution in [1.29, 1.82) is 0 Å². The third kappa shape index (κ3) is 4.60. The molecule has 5 nitrogen and oxygen atoms in total. The summed E-state index contributed by atoms with van der Waals surface area (Å²) in [6, 6.07) is 15.6. The number of halogens is 1. The van der Waals surface area contributed by atoms with E-state index in [2.05, 4.69) is 20.9 Å². The van der Waals surface area contributed by atoms with E-state index in [9.17, 15) is 4.79 Å². The number of carbonyl (C=O) groups is 1. The Hall–Kier alpha value is -2.44. The van der Waals surface area contributed by atoms with E-state index in [1.807, 2.05) is 55.5 Å². The maximum absolute atomic E-state index is 12.5. The molecule has 2 aliphatic heterocycles. The number of rotatable bonds is 4. The Morgan fingerprint density at radius 1 is 1.10 bits per heavy atom. The highest BCUT2D eigenvalue weighted by atomic mass is 35.5. The molecule has 7 heteroatoms. The standard InChI is InChI=1S/C22H22ClN3O2S/c1-2-28-19-9-4-3-6-16(19)14-20-21(27)24-22(29-20)26-12-10-25(11-13-26)18-8-5-7-17(23)15-18/h3-9,14-15H,2,10-13H2,1H3. The topological polar surface area (TPSA) is 45.1 Å². The van der Waals surface area contributed by atoms with Gasteiger partial charge >= 0.3 is 0 Å². The molecule has 0 aromatic heterocycles. The van der Waals surface area contributed by atoms with Crippen LogP contribution in [0.3, 0.4) is 0 Å². The van der Waals surface area contributed by atoms with Crippen LogP contribution in [-0.4, -0.2) is 48.8 Å². The molecule has 0 saturated carbocycles. The van der Waals surface area contributed by atoms with Crippen molar-refractivity contribution < 1.29 is 9.53 Å². The molecular formula is C22H22ClN3O2S. The summed E-state index contributed by atoms with van der Waals surface area (Å²) in [4.78, 5) is 21.9. The van der Waals surface area contributed by atoms with Crippen LogP contribution in [0, 0.1) is 0 Å². The lowest BCUT2D eigenvalue weighted by Crippen LogP contribution is -2.47. The van der Waals surface area contributed by atoms with Crippen molar-refractivity contribution >= 4 is 46.2 Å². The van der Waals surface area contributed by atoms with Crippen LogP contribution < -0.4 is 9.64 Å². The minimum absolute atomic E-state index is 0.187. The van der Waals surface area contributed by atoms with Gasteiger partial charge in [-0.25, -0.2) is 0 Å². The van der Waals surface area contributed by atoms with Crippen LogP contribution in [0.5, 0.6) is 5.75 Å². The zero-order chi connectivity index (χ0) is 20.2. The lowest BCUT2D eigenvalue weighted by molar-refractivity contribution is -0.113. The van der Waals surface area contributed by atoms with Gasteiger partial charge in [-0.1, -0.05) is 35.9 Å². The summed E-state index contributed by atoms with van der Waals surface area (Å²) >= 11 is 7.55. The molecule has 0 aliphatic carbocycles. The number of anilines is 1. The Kier molecular flexibility index (Phi) is 6.11. The van der Waals surface area contributed by atoms with Crippen molar-refractivity contribution in [2.24, 2.45) is 4.99 Å². The number of hydrogen-bond donors (Lipinski definition) is 0. The summed E-state index contributed by atoms with van der Waals surface area (Å²) in [5.41, 5.74) is 2.02. The Morgan fingerprint density at radius 2 is 1.86 bits per heavy atom. The highest BCUT2D eigenvalue weighted by Gasteiger charge is 2.28. The third-order valence-electron chi connectivity index (χ3n) is 4.84. The first-order chi connectivity index (χ1) is 14.1. The van der Waals surface area contributed by atoms with Crippen molar-refractivity contribution in [3.63, 3.8) is 0 Å². The SMILES string of the molecule is CCOc1ccccc1C=C1SC(N2CCN(c3cccc(Cl)c3)CC2)=NC1=O. The van der Waals surface area contributed by atoms with E-state index in [1.54, 1.807) is 0 Å². The molecule has 0 N–H and O–H groups in total. The first-order valence-electron chi connectivity index (χ1n) is 9.64. The summed E-state index contributed by atoms with van der Waals surface area (Å²) < 4.78 is 5.66. The predicted molar refractivity (Wildman–Crippen MR) is 121 cm³/mol. The van der Waals surface area contributed by atoms with Gasteiger partial charge in [0.1, 0.15) is 5.75 Å². The van der Waals surface area contributed by atoms with E-state index in [0.717, 1.165) is 53.4 Å². The third-order valence-corrected chi connectivity index (χ3v) is 6.12. The molecule has 0 radical (unpaired) electrons. The summed E-state index contributed by atoms with van der Waals surface area (Å²) in [5.74, 6) is 0.591. The number of amides is 1. The molecule has 2 aromatic rings. The fourth-order valence-electron chi connectivity index (χ4n) is 3.39. The number of hydrogen-bond acceptors (Lipinski definition) is 5. The molecule has 0 bridgehead atoms. The molecule has 0 atom stereocenters. The molecule has 29 heavy (non-hydrogen) atoms. The van der Waals surface area contributed by atoms with E-state index in [-0.39, 0.29) is 5.91 Å². The number of aliphatic imine (C=N–C) groups is 1. The number of thioether (sulfide) groups is 1. The van der Waals surface area contributed by atoms with Gasteiger partial charge in [-0.3, -0.25) is 4.79 Å². The molecular weight excluding hydrogens is 406 g/mol. The second-order valence-corrected chi connectivity index (χ2v) is 8.18. The quantitative estimate of drug-likeness (QED) is 0.671. The average molecular weight is 428 g/mol. The Bertz CT molecular complexity index is 968. The summed E-state index contributed by atoms with van der Waals surface area (Å²) in [6.07, 6.45) is 1.87. The highest BCUT2D eigenvalue weighted by Crippen LogP contribution is 2.33. The molecule has 1 saturated heterocycles. The van der Waals surface area contributed by atoms with Gasteiger partial charge in [0.05, 0.1) is 11.5 Å². The molecule has 1 fully saturated rings. The summed E-state index contributed by atoms with van der Waals surface area (Å²) in [6.45, 7) is 5.88. The van der Waals surface area contributed by atoms with Gasteiger partial charge in [0, 0.05) is 42.5 Å². The van der Waals surface area contributed by atoms with Crippen LogP contribution in [0.1, 0.15) is 12.5 Å². The smallest absolute Gasteiger partial charge is 0.286 e. The van der Waals surface area contributed by atoms with Gasteiger partial charge in [-0.15, -0.1) is 0 Å². The van der Waals surface area contributed by atoms with Gasteiger partial charge in [0.2, 0.25) is 0 Å². The number of carbonyl (C=O) groups excluding carboxylic acids is 1. The number of amidine groups is 1. The van der Waals surface area contributed by atoms with Gasteiger partial charge in [-0.05, 0) is 49.0 Å². The van der Waals surface area contributed by atoms with Crippen LogP contribution in [-0.2, 0) is 4.79 Å². The van der Waals surface area contributed by atoms with E-state index in [1.165, 1.54) is 11.8 Å². The molecule has 1 amide bonds. The maximum Gasteiger partial charge on any atom is 0.286 e. The fraction of sp³-hybridized carbons (Fsp3) is 0.273. The number of para-hydroxylation sites is 1. The van der Waals surface area contributed by atoms with E-state index in [0.29, 0.717) is 11.5 Å². The molecule has 4 rings (SSSR count). The largest absolute Gasteiger partial charge is 0.493 e. The van der Waals surface area contributed by atoms with E-state index >= 15 is 0 Å². The monoisotopic (exact) mass is 427 g/mol. The minimum atomic E-state index is -0.187. The molecule has 150 valence electrons. The van der Waals surface area contributed by atoms with Gasteiger partial charge in [0.15, 0.2) is 5.17 Å². The van der Waals surface area contributed by atoms with Crippen molar-refractivity contribution in [2.45, 2.75) is 6.92 Å². The Labute approximate surface area is 180 Å². The van der Waals surface area contributed by atoms with Crippen LogP contribution >= 0.6 is 23.4 Å². The van der Waals surface area contributed by atoms with Crippen molar-refractivity contribution in [1.82, 2.24) is 4.90 Å². The van der Waals surface area contributed by atoms with Crippen molar-refractivity contribution in [3.05, 3.63) is 64.0 Å². The second kappa shape index (κ2) is 8.93. The molecule has 0 spiro atoms. The zero-order valence-corrected chi connectivity index (χ0v) is 17.7. The maximum atomic E-state index is 12.5. The highest BCUT2D eigenvalue weighted by molar-refractivity contribution is 8.18. The van der Waals surface area contributed by atoms with E-state index < -0.39 is 0 Å². The lowest BCUT2D eigenvalue weighted by Gasteiger charge is -2.36. The van der Waals surface area contributed by atoms with Crippen molar-refractivity contribution in [3.8, 4) is 5.75 Å². The lowest BCUT2D eigenvalue weighted by atomic mass is 10.2. The number of piperazine rings is 1. The van der Waals surface area contributed by atoms with Crippen LogP contribution in [0.2, 0.25) is 5.02 Å². The van der Waals surface area contributed by atoms with Crippen molar-refractivity contribution in [2.75, 3.05) is 37.7 Å². The zero-order valence-electron chi connectivity index (χ0n) is 16.2. The number of nitrogens with zero attached hydrogens (tertiary/aromatic N) is 3. The van der Waals surface area contributed by atoms with Crippen LogP contribution in [0.25, 0.3) is 6.08 Å². The van der Waals surface area contributed by atoms with Gasteiger partial charge in [0.25, 0.3) is 5.91 Å². The fourth-order valence-corrected chi connectivity index (χ4v) is 4.53. The molecule has 2 aliphatic rings. The van der Waals surface area contributed by atoms with Gasteiger partial charge < -0.3 is 14.5 Å². The second-order valence-electron chi connectivity index (χ2n) is 6.73. The minimum Gasteiger partial charge on any atom is -0.493 e. The number of benzene rings is 2. The molecule has 0 unspecified atom stereocenters. The van der Waals surface area contributed by atoms with Crippen LogP contribution in [0.4, 0.5) is 5.69 Å². The average Bonchev–Trinajstić information content (AvgIpc) is 3.10. The van der Waals surface area contributed by atoms with E-state index in [4.69, 9.17) is 16.3 Å².